The Labute approximate surface area is 123 Å². The lowest BCUT2D eigenvalue weighted by Crippen LogP contribution is -2.23. The topological polar surface area (TPSA) is 52.3 Å². The SMILES string of the molecule is COc1ccc(Cl)cc1CC(=O)C(N)c1ccccc1. The molecule has 0 saturated heterocycles. The molecule has 0 aromatic heterocycles. The van der Waals surface area contributed by atoms with Crippen LogP contribution in [0.1, 0.15) is 17.2 Å². The maximum Gasteiger partial charge on any atom is 0.158 e. The van der Waals surface area contributed by atoms with Crippen LogP contribution in [0.15, 0.2) is 48.5 Å². The van der Waals surface area contributed by atoms with Gasteiger partial charge >= 0.3 is 0 Å². The Balaban J connectivity index is 2.18. The third-order valence-electron chi connectivity index (χ3n) is 3.11. The van der Waals surface area contributed by atoms with Crippen molar-refractivity contribution >= 4 is 17.4 Å². The second kappa shape index (κ2) is 6.55. The first-order chi connectivity index (χ1) is 9.61. The molecule has 0 heterocycles. The second-order valence-electron chi connectivity index (χ2n) is 4.49. The highest BCUT2D eigenvalue weighted by Crippen LogP contribution is 2.24. The standard InChI is InChI=1S/C16H16ClNO2/c1-20-15-8-7-13(17)9-12(15)10-14(19)16(18)11-5-3-2-4-6-11/h2-9,16H,10,18H2,1H3. The van der Waals surface area contributed by atoms with E-state index in [1.54, 1.807) is 25.3 Å². The summed E-state index contributed by atoms with van der Waals surface area (Å²) in [5.41, 5.74) is 7.54. The van der Waals surface area contributed by atoms with Crippen molar-refractivity contribution in [3.63, 3.8) is 0 Å². The van der Waals surface area contributed by atoms with Gasteiger partial charge < -0.3 is 10.5 Å². The molecule has 0 amide bonds. The van der Waals surface area contributed by atoms with E-state index in [9.17, 15) is 4.79 Å². The van der Waals surface area contributed by atoms with Gasteiger partial charge in [-0.25, -0.2) is 0 Å². The molecule has 2 aromatic rings. The predicted octanol–water partition coefficient (Wildman–Crippen LogP) is 3.16. The first-order valence-electron chi connectivity index (χ1n) is 6.27. The van der Waals surface area contributed by atoms with Crippen LogP contribution < -0.4 is 10.5 Å². The van der Waals surface area contributed by atoms with Gasteiger partial charge in [-0.3, -0.25) is 4.79 Å². The Morgan fingerprint density at radius 3 is 2.60 bits per heavy atom. The van der Waals surface area contributed by atoms with E-state index < -0.39 is 6.04 Å². The summed E-state index contributed by atoms with van der Waals surface area (Å²) < 4.78 is 5.23. The summed E-state index contributed by atoms with van der Waals surface area (Å²) in [6.07, 6.45) is 0.194. The van der Waals surface area contributed by atoms with E-state index >= 15 is 0 Å². The van der Waals surface area contributed by atoms with Crippen molar-refractivity contribution in [1.82, 2.24) is 0 Å². The smallest absolute Gasteiger partial charge is 0.158 e. The minimum Gasteiger partial charge on any atom is -0.496 e. The van der Waals surface area contributed by atoms with Gasteiger partial charge in [0.15, 0.2) is 5.78 Å². The summed E-state index contributed by atoms with van der Waals surface area (Å²) in [5.74, 6) is 0.569. The maximum absolute atomic E-state index is 12.3. The largest absolute Gasteiger partial charge is 0.496 e. The number of carbonyl (C=O) groups is 1. The van der Waals surface area contributed by atoms with Crippen LogP contribution in [0.4, 0.5) is 0 Å². The van der Waals surface area contributed by atoms with Gasteiger partial charge in [0.2, 0.25) is 0 Å². The van der Waals surface area contributed by atoms with Gasteiger partial charge in [-0.2, -0.15) is 0 Å². The Morgan fingerprint density at radius 1 is 1.25 bits per heavy atom. The van der Waals surface area contributed by atoms with Crippen molar-refractivity contribution < 1.29 is 9.53 Å². The van der Waals surface area contributed by atoms with Crippen LogP contribution in [0, 0.1) is 0 Å². The molecular weight excluding hydrogens is 274 g/mol. The third kappa shape index (κ3) is 3.38. The number of carbonyl (C=O) groups excluding carboxylic acids is 1. The van der Waals surface area contributed by atoms with Gasteiger partial charge in [0.1, 0.15) is 5.75 Å². The van der Waals surface area contributed by atoms with Crippen molar-refractivity contribution in [3.05, 3.63) is 64.7 Å². The van der Waals surface area contributed by atoms with E-state index in [0.29, 0.717) is 10.8 Å². The van der Waals surface area contributed by atoms with Gasteiger partial charge in [0, 0.05) is 17.0 Å². The van der Waals surface area contributed by atoms with Crippen LogP contribution in [-0.2, 0) is 11.2 Å². The number of nitrogens with two attached hydrogens (primary N) is 1. The van der Waals surface area contributed by atoms with Gasteiger partial charge in [-0.05, 0) is 23.8 Å². The highest BCUT2D eigenvalue weighted by molar-refractivity contribution is 6.30. The molecule has 1 atom stereocenters. The molecule has 0 aliphatic carbocycles. The van der Waals surface area contributed by atoms with E-state index in [0.717, 1.165) is 11.1 Å². The highest BCUT2D eigenvalue weighted by atomic mass is 35.5. The van der Waals surface area contributed by atoms with E-state index in [-0.39, 0.29) is 12.2 Å². The molecule has 0 aliphatic heterocycles. The molecule has 4 heteroatoms. The molecule has 0 spiro atoms. The Morgan fingerprint density at radius 2 is 1.95 bits per heavy atom. The molecule has 0 aliphatic rings. The van der Waals surface area contributed by atoms with Crippen molar-refractivity contribution in [1.29, 1.82) is 0 Å². The fraction of sp³-hybridized carbons (Fsp3) is 0.188. The Kier molecular flexibility index (Phi) is 4.77. The number of methoxy groups -OCH3 is 1. The molecule has 2 aromatic carbocycles. The summed E-state index contributed by atoms with van der Waals surface area (Å²) in [4.78, 5) is 12.3. The zero-order valence-corrected chi connectivity index (χ0v) is 11.9. The average Bonchev–Trinajstić information content (AvgIpc) is 2.47. The number of ketones is 1. The normalized spacial score (nSPS) is 11.9. The number of ether oxygens (including phenoxy) is 1. The third-order valence-corrected chi connectivity index (χ3v) is 3.35. The monoisotopic (exact) mass is 289 g/mol. The fourth-order valence-corrected chi connectivity index (χ4v) is 2.22. The van der Waals surface area contributed by atoms with Gasteiger partial charge in [-0.1, -0.05) is 41.9 Å². The second-order valence-corrected chi connectivity index (χ2v) is 4.92. The van der Waals surface area contributed by atoms with Gasteiger partial charge in [-0.15, -0.1) is 0 Å². The molecule has 2 rings (SSSR count). The molecule has 0 fully saturated rings. The summed E-state index contributed by atoms with van der Waals surface area (Å²) in [5, 5.41) is 0.571. The van der Waals surface area contributed by atoms with Crippen LogP contribution in [-0.4, -0.2) is 12.9 Å². The quantitative estimate of drug-likeness (QED) is 0.920. The van der Waals surface area contributed by atoms with E-state index in [1.807, 2.05) is 30.3 Å². The highest BCUT2D eigenvalue weighted by Gasteiger charge is 2.17. The predicted molar refractivity (Wildman–Crippen MR) is 80.1 cm³/mol. The summed E-state index contributed by atoms with van der Waals surface area (Å²) >= 11 is 5.96. The zero-order chi connectivity index (χ0) is 14.5. The van der Waals surface area contributed by atoms with Crippen molar-refractivity contribution in [2.24, 2.45) is 5.73 Å². The van der Waals surface area contributed by atoms with Crippen LogP contribution in [0.2, 0.25) is 5.02 Å². The molecule has 104 valence electrons. The van der Waals surface area contributed by atoms with Crippen molar-refractivity contribution in [3.8, 4) is 5.75 Å². The molecule has 0 saturated carbocycles. The molecule has 20 heavy (non-hydrogen) atoms. The fourth-order valence-electron chi connectivity index (χ4n) is 2.03. The molecule has 0 radical (unpaired) electrons. The summed E-state index contributed by atoms with van der Waals surface area (Å²) in [7, 11) is 1.56. The van der Waals surface area contributed by atoms with E-state index in [1.165, 1.54) is 0 Å². The molecule has 3 nitrogen and oxygen atoms in total. The molecule has 0 bridgehead atoms. The average molecular weight is 290 g/mol. The van der Waals surface area contributed by atoms with E-state index in [2.05, 4.69) is 0 Å². The Hall–Kier alpha value is -1.84. The first kappa shape index (κ1) is 14.6. The lowest BCUT2D eigenvalue weighted by atomic mass is 9.98. The number of halogens is 1. The van der Waals surface area contributed by atoms with Crippen LogP contribution in [0.3, 0.4) is 0 Å². The zero-order valence-electron chi connectivity index (χ0n) is 11.2. The number of hydrogen-bond donors (Lipinski definition) is 1. The summed E-state index contributed by atoms with van der Waals surface area (Å²) in [6.45, 7) is 0. The minimum absolute atomic E-state index is 0.0724. The lowest BCUT2D eigenvalue weighted by Gasteiger charge is -2.13. The first-order valence-corrected chi connectivity index (χ1v) is 6.65. The number of Topliss-reactive ketones (excluding diaryl/α,β-unsaturated/α-hetero) is 1. The van der Waals surface area contributed by atoms with Crippen LogP contribution >= 0.6 is 11.6 Å². The molecule has 2 N–H and O–H groups in total. The van der Waals surface area contributed by atoms with Crippen molar-refractivity contribution in [2.45, 2.75) is 12.5 Å². The van der Waals surface area contributed by atoms with Crippen LogP contribution in [0.25, 0.3) is 0 Å². The number of rotatable bonds is 5. The molecule has 1 unspecified atom stereocenters. The molecular formula is C16H16ClNO2. The number of benzene rings is 2. The van der Waals surface area contributed by atoms with Crippen LogP contribution in [0.5, 0.6) is 5.75 Å². The van der Waals surface area contributed by atoms with E-state index in [4.69, 9.17) is 22.1 Å². The van der Waals surface area contributed by atoms with Crippen molar-refractivity contribution in [2.75, 3.05) is 7.11 Å². The maximum atomic E-state index is 12.3. The van der Waals surface area contributed by atoms with Gasteiger partial charge in [0.05, 0.1) is 13.2 Å². The minimum atomic E-state index is -0.639. The Bertz CT molecular complexity index is 599. The summed E-state index contributed by atoms with van der Waals surface area (Å²) in [6, 6.07) is 13.9. The lowest BCUT2D eigenvalue weighted by molar-refractivity contribution is -0.119. The van der Waals surface area contributed by atoms with Gasteiger partial charge in [0.25, 0.3) is 0 Å². The number of hydrogen-bond acceptors (Lipinski definition) is 3.